The first-order chi connectivity index (χ1) is 21.0. The summed E-state index contributed by atoms with van der Waals surface area (Å²) in [6.07, 6.45) is -2.93. The number of aromatic hydroxyl groups is 3. The number of aliphatic hydroxyl groups excluding tert-OH is 2. The predicted molar refractivity (Wildman–Crippen MR) is 150 cm³/mol. The van der Waals surface area contributed by atoms with Crippen LogP contribution in [0.5, 0.6) is 23.0 Å². The molecule has 4 aromatic rings. The van der Waals surface area contributed by atoms with E-state index in [1.165, 1.54) is 36.4 Å². The maximum Gasteiger partial charge on any atom is 0.373 e. The number of fused-ring (bicyclic) bond motifs is 1. The third-order valence-corrected chi connectivity index (χ3v) is 6.52. The first-order valence-corrected chi connectivity index (χ1v) is 12.9. The van der Waals surface area contributed by atoms with Gasteiger partial charge in [-0.2, -0.15) is 9.59 Å². The zero-order valence-electron chi connectivity index (χ0n) is 22.9. The lowest BCUT2D eigenvalue weighted by Crippen LogP contribution is -2.56. The second kappa shape index (κ2) is 13.7. The fourth-order valence-electron chi connectivity index (χ4n) is 4.32. The van der Waals surface area contributed by atoms with Crippen LogP contribution in [0.2, 0.25) is 0 Å². The second-order valence-electron chi connectivity index (χ2n) is 9.58. The van der Waals surface area contributed by atoms with Crippen LogP contribution in [0.4, 0.5) is 0 Å². The average Bonchev–Trinajstić information content (AvgIpc) is 2.98. The Morgan fingerprint density at radius 3 is 2.34 bits per heavy atom. The van der Waals surface area contributed by atoms with E-state index in [2.05, 4.69) is 0 Å². The van der Waals surface area contributed by atoms with Crippen molar-refractivity contribution >= 4 is 29.2 Å². The summed E-state index contributed by atoms with van der Waals surface area (Å²) in [5.41, 5.74) is 1.27. The number of rotatable bonds is 6. The molecule has 44 heavy (non-hydrogen) atoms. The highest BCUT2D eigenvalue weighted by Gasteiger charge is 2.42. The van der Waals surface area contributed by atoms with Crippen LogP contribution in [0.25, 0.3) is 28.4 Å². The Morgan fingerprint density at radius 2 is 1.66 bits per heavy atom. The lowest BCUT2D eigenvalue weighted by Gasteiger charge is -2.36. The van der Waals surface area contributed by atoms with Gasteiger partial charge >= 0.3 is 12.1 Å². The van der Waals surface area contributed by atoms with Gasteiger partial charge in [0.15, 0.2) is 11.5 Å². The molecule has 13 nitrogen and oxygen atoms in total. The standard InChI is InChI=1S/C30H26O11.CO2/c1-15-10-16(2-8-20(15)32)3-9-26(35)41-25-14-38-30(29(37)28(25)36)39-19-11-21(33)27-22(34)13-23(40-24(27)12-19)17-4-6-18(31)7-5-17;2-1-3/h2-13,25,28-33,36-37H,14H2,1H3;/b9-3+;. The SMILES string of the molecule is Cc1cc(/C=C/C(=O)OC2COC(Oc3cc(O)c4c(=O)cc(-c5ccc(O)cc5)oc4c3)C(O)C2O)ccc1O.O=C=O. The Bertz CT molecular complexity index is 1770. The highest BCUT2D eigenvalue weighted by Crippen LogP contribution is 2.33. The maximum absolute atomic E-state index is 12.7. The fraction of sp³-hybridized carbons (Fsp3) is 0.194. The second-order valence-corrected chi connectivity index (χ2v) is 9.58. The molecule has 0 amide bonds. The first kappa shape index (κ1) is 31.5. The molecule has 1 saturated heterocycles. The predicted octanol–water partition coefficient (Wildman–Crippen LogP) is 2.38. The van der Waals surface area contributed by atoms with E-state index in [0.29, 0.717) is 16.7 Å². The normalized spacial score (nSPS) is 19.5. The van der Waals surface area contributed by atoms with Gasteiger partial charge in [-0.3, -0.25) is 4.79 Å². The van der Waals surface area contributed by atoms with Crippen molar-refractivity contribution in [2.45, 2.75) is 31.5 Å². The number of esters is 1. The average molecular weight is 607 g/mol. The lowest BCUT2D eigenvalue weighted by molar-refractivity contribution is -0.247. The minimum absolute atomic E-state index is 0.0103. The van der Waals surface area contributed by atoms with Crippen LogP contribution < -0.4 is 10.2 Å². The molecule has 1 aliphatic heterocycles. The molecule has 0 aliphatic carbocycles. The number of hydrogen-bond donors (Lipinski definition) is 5. The van der Waals surface area contributed by atoms with E-state index < -0.39 is 41.7 Å². The van der Waals surface area contributed by atoms with Crippen molar-refractivity contribution < 1.29 is 58.5 Å². The van der Waals surface area contributed by atoms with E-state index in [1.54, 1.807) is 31.2 Å². The van der Waals surface area contributed by atoms with Gasteiger partial charge in [0.25, 0.3) is 0 Å². The number of benzene rings is 3. The summed E-state index contributed by atoms with van der Waals surface area (Å²) in [6.45, 7) is 1.41. The number of carbonyl (C=O) groups excluding carboxylic acids is 3. The van der Waals surface area contributed by atoms with Gasteiger partial charge in [0, 0.05) is 29.8 Å². The molecule has 1 fully saturated rings. The van der Waals surface area contributed by atoms with E-state index in [4.69, 9.17) is 28.2 Å². The van der Waals surface area contributed by atoms with Crippen LogP contribution in [0.1, 0.15) is 11.1 Å². The number of hydrogen-bond acceptors (Lipinski definition) is 13. The molecule has 13 heteroatoms. The molecule has 1 aromatic heterocycles. The maximum atomic E-state index is 12.7. The van der Waals surface area contributed by atoms with Gasteiger partial charge in [0.05, 0.1) is 6.61 Å². The smallest absolute Gasteiger partial charge is 0.373 e. The molecule has 228 valence electrons. The van der Waals surface area contributed by atoms with Crippen molar-refractivity contribution in [1.82, 2.24) is 0 Å². The third-order valence-electron chi connectivity index (χ3n) is 6.52. The molecule has 4 atom stereocenters. The number of phenols is 3. The minimum Gasteiger partial charge on any atom is -0.508 e. The summed E-state index contributed by atoms with van der Waals surface area (Å²) in [5.74, 6) is -0.899. The number of ether oxygens (including phenoxy) is 3. The molecular formula is C31H26O13. The molecule has 1 aliphatic rings. The van der Waals surface area contributed by atoms with Gasteiger partial charge in [-0.15, -0.1) is 0 Å². The van der Waals surface area contributed by atoms with E-state index in [1.807, 2.05) is 0 Å². The molecule has 0 bridgehead atoms. The molecule has 0 saturated carbocycles. The van der Waals surface area contributed by atoms with Gasteiger partial charge in [0.2, 0.25) is 6.29 Å². The Hall–Kier alpha value is -5.46. The summed E-state index contributed by atoms with van der Waals surface area (Å²) < 4.78 is 22.2. The van der Waals surface area contributed by atoms with Crippen LogP contribution >= 0.6 is 0 Å². The van der Waals surface area contributed by atoms with Gasteiger partial charge in [-0.1, -0.05) is 6.07 Å². The van der Waals surface area contributed by atoms with Crippen LogP contribution in [-0.2, 0) is 23.9 Å². The Kier molecular flexibility index (Phi) is 9.78. The highest BCUT2D eigenvalue weighted by atomic mass is 16.7. The minimum atomic E-state index is -1.64. The van der Waals surface area contributed by atoms with Crippen molar-refractivity contribution in [2.75, 3.05) is 6.61 Å². The quantitative estimate of drug-likeness (QED) is 0.158. The van der Waals surface area contributed by atoms with Crippen LogP contribution in [0.15, 0.2) is 76.0 Å². The third kappa shape index (κ3) is 7.30. The van der Waals surface area contributed by atoms with Crippen LogP contribution in [-0.4, -0.2) is 68.9 Å². The number of phenolic OH excluding ortho intramolecular Hbond substituents is 3. The molecule has 5 N–H and O–H groups in total. The van der Waals surface area contributed by atoms with Gasteiger partial charge in [0.1, 0.15) is 51.9 Å². The molecule has 0 spiro atoms. The largest absolute Gasteiger partial charge is 0.508 e. The summed E-state index contributed by atoms with van der Waals surface area (Å²) >= 11 is 0. The first-order valence-electron chi connectivity index (χ1n) is 12.9. The van der Waals surface area contributed by atoms with Gasteiger partial charge in [-0.05, 0) is 60.5 Å². The monoisotopic (exact) mass is 606 g/mol. The molecule has 5 rings (SSSR count). The van der Waals surface area contributed by atoms with Crippen molar-refractivity contribution in [2.24, 2.45) is 0 Å². The van der Waals surface area contributed by atoms with Crippen molar-refractivity contribution in [3.63, 3.8) is 0 Å². The molecule has 2 heterocycles. The number of aryl methyl sites for hydroxylation is 1. The Labute approximate surface area is 248 Å². The highest BCUT2D eigenvalue weighted by molar-refractivity contribution is 5.87. The molecular weight excluding hydrogens is 580 g/mol. The van der Waals surface area contributed by atoms with E-state index in [0.717, 1.165) is 12.1 Å². The van der Waals surface area contributed by atoms with Crippen molar-refractivity contribution in [3.8, 4) is 34.3 Å². The zero-order chi connectivity index (χ0) is 32.0. The molecule has 0 radical (unpaired) electrons. The topological polar surface area (TPSA) is 210 Å². The van der Waals surface area contributed by atoms with Crippen molar-refractivity contribution in [3.05, 3.63) is 88.1 Å². The summed E-state index contributed by atoms with van der Waals surface area (Å²) in [7, 11) is 0. The summed E-state index contributed by atoms with van der Waals surface area (Å²) in [4.78, 5) is 41.2. The van der Waals surface area contributed by atoms with E-state index in [9.17, 15) is 35.1 Å². The van der Waals surface area contributed by atoms with Crippen molar-refractivity contribution in [1.29, 1.82) is 0 Å². The zero-order valence-corrected chi connectivity index (χ0v) is 22.9. The van der Waals surface area contributed by atoms with Gasteiger partial charge < -0.3 is 44.2 Å². The summed E-state index contributed by atoms with van der Waals surface area (Å²) in [6, 6.07) is 14.4. The van der Waals surface area contributed by atoms with Crippen LogP contribution in [0, 0.1) is 6.92 Å². The fourth-order valence-corrected chi connectivity index (χ4v) is 4.32. The molecule has 3 aromatic carbocycles. The lowest BCUT2D eigenvalue weighted by atomic mass is 10.1. The van der Waals surface area contributed by atoms with Crippen LogP contribution in [0.3, 0.4) is 0 Å². The Balaban J connectivity index is 0.00000141. The number of carbonyl (C=O) groups is 1. The molecule has 4 unspecified atom stereocenters. The Morgan fingerprint density at radius 1 is 0.955 bits per heavy atom. The summed E-state index contributed by atoms with van der Waals surface area (Å²) in [5, 5.41) is 50.7. The van der Waals surface area contributed by atoms with E-state index in [-0.39, 0.29) is 46.7 Å². The van der Waals surface area contributed by atoms with E-state index >= 15 is 0 Å². The number of aliphatic hydroxyl groups is 2. The van der Waals surface area contributed by atoms with Gasteiger partial charge in [-0.25, -0.2) is 4.79 Å².